The molecule has 1 heterocycles. The zero-order valence-corrected chi connectivity index (χ0v) is 9.89. The van der Waals surface area contributed by atoms with Crippen LogP contribution in [-0.2, 0) is 11.2 Å². The fraction of sp³-hybridized carbons (Fsp3) is 0.500. The molecule has 1 fully saturated rings. The molecule has 0 bridgehead atoms. The van der Waals surface area contributed by atoms with E-state index in [9.17, 15) is 9.59 Å². The van der Waals surface area contributed by atoms with Crippen molar-refractivity contribution in [3.8, 4) is 0 Å². The molecule has 1 aromatic rings. The minimum Gasteiger partial charge on any atom is -0.480 e. The van der Waals surface area contributed by atoms with E-state index >= 15 is 0 Å². The zero-order valence-electron chi connectivity index (χ0n) is 9.89. The molecule has 3 N–H and O–H groups in total. The summed E-state index contributed by atoms with van der Waals surface area (Å²) in [5.74, 6) is -0.107. The third-order valence-corrected chi connectivity index (χ3v) is 2.88. The molecular formula is C12H16N2O4. The van der Waals surface area contributed by atoms with Gasteiger partial charge in [0.15, 0.2) is 0 Å². The Morgan fingerprint density at radius 1 is 1.50 bits per heavy atom. The predicted octanol–water partition coefficient (Wildman–Crippen LogP) is 0.984. The van der Waals surface area contributed by atoms with E-state index in [1.165, 1.54) is 0 Å². The molecule has 98 valence electrons. The number of hydrogen-bond donors (Lipinski definition) is 3. The molecule has 6 heteroatoms. The lowest BCUT2D eigenvalue weighted by atomic mass is 10.2. The van der Waals surface area contributed by atoms with E-state index in [4.69, 9.17) is 9.52 Å². The number of furan rings is 1. The Labute approximate surface area is 104 Å². The summed E-state index contributed by atoms with van der Waals surface area (Å²) in [6, 6.07) is 2.39. The van der Waals surface area contributed by atoms with Crippen LogP contribution in [-0.4, -0.2) is 29.7 Å². The van der Waals surface area contributed by atoms with Gasteiger partial charge in [-0.05, 0) is 30.9 Å². The lowest BCUT2D eigenvalue weighted by Crippen LogP contribution is -2.47. The summed E-state index contributed by atoms with van der Waals surface area (Å²) >= 11 is 0. The van der Waals surface area contributed by atoms with Gasteiger partial charge in [0.2, 0.25) is 0 Å². The number of amides is 2. The quantitative estimate of drug-likeness (QED) is 0.704. The van der Waals surface area contributed by atoms with Gasteiger partial charge in [0, 0.05) is 13.0 Å². The van der Waals surface area contributed by atoms with Crippen LogP contribution in [0.25, 0.3) is 0 Å². The molecule has 0 spiro atoms. The number of carboxylic acids is 1. The first-order valence-corrected chi connectivity index (χ1v) is 5.96. The lowest BCUT2D eigenvalue weighted by Gasteiger charge is -2.13. The van der Waals surface area contributed by atoms with Crippen LogP contribution in [0.4, 0.5) is 4.79 Å². The Morgan fingerprint density at radius 2 is 2.28 bits per heavy atom. The Kier molecular flexibility index (Phi) is 3.86. The first-order chi connectivity index (χ1) is 8.66. The predicted molar refractivity (Wildman–Crippen MR) is 63.1 cm³/mol. The van der Waals surface area contributed by atoms with Crippen molar-refractivity contribution < 1.29 is 19.1 Å². The number of aliphatic carboxylic acids is 1. The summed E-state index contributed by atoms with van der Waals surface area (Å²) < 4.78 is 5.12. The molecule has 1 saturated carbocycles. The standard InChI is InChI=1S/C12H16N2O4/c15-11(16)10(8-3-4-8)14-12(17)13-6-5-9-2-1-7-18-9/h1-2,7-8,10H,3-6H2,(H,15,16)(H2,13,14,17). The van der Waals surface area contributed by atoms with Gasteiger partial charge in [-0.2, -0.15) is 0 Å². The fourth-order valence-corrected chi connectivity index (χ4v) is 1.76. The van der Waals surface area contributed by atoms with Gasteiger partial charge in [-0.25, -0.2) is 9.59 Å². The van der Waals surface area contributed by atoms with Gasteiger partial charge in [0.05, 0.1) is 6.26 Å². The monoisotopic (exact) mass is 252 g/mol. The third-order valence-electron chi connectivity index (χ3n) is 2.88. The number of carbonyl (C=O) groups is 2. The van der Waals surface area contributed by atoms with E-state index in [-0.39, 0.29) is 5.92 Å². The van der Waals surface area contributed by atoms with Crippen LogP contribution < -0.4 is 10.6 Å². The first-order valence-electron chi connectivity index (χ1n) is 5.96. The van der Waals surface area contributed by atoms with Gasteiger partial charge >= 0.3 is 12.0 Å². The van der Waals surface area contributed by atoms with Crippen LogP contribution in [0.3, 0.4) is 0 Å². The van der Waals surface area contributed by atoms with E-state index in [1.54, 1.807) is 12.3 Å². The summed E-state index contributed by atoms with van der Waals surface area (Å²) in [6.45, 7) is 0.413. The highest BCUT2D eigenvalue weighted by molar-refractivity contribution is 5.83. The second-order valence-corrected chi connectivity index (χ2v) is 4.38. The van der Waals surface area contributed by atoms with Gasteiger partial charge in [-0.15, -0.1) is 0 Å². The largest absolute Gasteiger partial charge is 0.480 e. The Balaban J connectivity index is 1.69. The zero-order chi connectivity index (χ0) is 13.0. The molecule has 1 aliphatic rings. The molecular weight excluding hydrogens is 236 g/mol. The molecule has 1 atom stereocenters. The maximum absolute atomic E-state index is 11.5. The molecule has 0 radical (unpaired) electrons. The fourth-order valence-electron chi connectivity index (χ4n) is 1.76. The highest BCUT2D eigenvalue weighted by Crippen LogP contribution is 2.32. The topological polar surface area (TPSA) is 91.6 Å². The van der Waals surface area contributed by atoms with Crippen LogP contribution in [0.2, 0.25) is 0 Å². The van der Waals surface area contributed by atoms with E-state index in [0.29, 0.717) is 13.0 Å². The van der Waals surface area contributed by atoms with Crippen molar-refractivity contribution in [2.45, 2.75) is 25.3 Å². The number of urea groups is 1. The summed E-state index contributed by atoms with van der Waals surface area (Å²) in [5.41, 5.74) is 0. The molecule has 2 amide bonds. The van der Waals surface area contributed by atoms with Crippen LogP contribution in [0.1, 0.15) is 18.6 Å². The summed E-state index contributed by atoms with van der Waals surface area (Å²) in [6.07, 6.45) is 3.89. The van der Waals surface area contributed by atoms with Crippen molar-refractivity contribution in [2.24, 2.45) is 5.92 Å². The molecule has 18 heavy (non-hydrogen) atoms. The maximum atomic E-state index is 11.5. The van der Waals surface area contributed by atoms with Crippen molar-refractivity contribution in [1.82, 2.24) is 10.6 Å². The molecule has 1 aliphatic carbocycles. The minimum atomic E-state index is -0.973. The van der Waals surface area contributed by atoms with Crippen molar-refractivity contribution in [3.63, 3.8) is 0 Å². The minimum absolute atomic E-state index is 0.0818. The first kappa shape index (κ1) is 12.5. The van der Waals surface area contributed by atoms with Gasteiger partial charge in [0.25, 0.3) is 0 Å². The van der Waals surface area contributed by atoms with Crippen LogP contribution in [0.15, 0.2) is 22.8 Å². The average molecular weight is 252 g/mol. The van der Waals surface area contributed by atoms with Gasteiger partial charge in [0.1, 0.15) is 11.8 Å². The van der Waals surface area contributed by atoms with Crippen molar-refractivity contribution >= 4 is 12.0 Å². The van der Waals surface area contributed by atoms with Crippen LogP contribution in [0, 0.1) is 5.92 Å². The second-order valence-electron chi connectivity index (χ2n) is 4.38. The summed E-state index contributed by atoms with van der Waals surface area (Å²) in [4.78, 5) is 22.4. The normalized spacial score (nSPS) is 16.0. The number of carbonyl (C=O) groups excluding carboxylic acids is 1. The van der Waals surface area contributed by atoms with Crippen LogP contribution >= 0.6 is 0 Å². The third kappa shape index (κ3) is 3.51. The summed E-state index contributed by atoms with van der Waals surface area (Å²) in [5, 5.41) is 14.0. The van der Waals surface area contributed by atoms with E-state index in [2.05, 4.69) is 10.6 Å². The van der Waals surface area contributed by atoms with Gasteiger partial charge < -0.3 is 20.2 Å². The van der Waals surface area contributed by atoms with Crippen LogP contribution in [0.5, 0.6) is 0 Å². The number of nitrogens with one attached hydrogen (secondary N) is 2. The SMILES string of the molecule is O=C(NCCc1ccco1)NC(C(=O)O)C1CC1. The smallest absolute Gasteiger partial charge is 0.326 e. The number of rotatable bonds is 6. The van der Waals surface area contributed by atoms with Crippen molar-refractivity contribution in [2.75, 3.05) is 6.54 Å². The molecule has 0 saturated heterocycles. The van der Waals surface area contributed by atoms with E-state index < -0.39 is 18.0 Å². The maximum Gasteiger partial charge on any atom is 0.326 e. The number of carboxylic acid groups (broad SMARTS) is 1. The van der Waals surface area contributed by atoms with E-state index in [0.717, 1.165) is 18.6 Å². The average Bonchev–Trinajstić information content (AvgIpc) is 3.03. The Morgan fingerprint density at radius 3 is 2.83 bits per heavy atom. The highest BCUT2D eigenvalue weighted by Gasteiger charge is 2.37. The molecule has 0 aromatic carbocycles. The molecule has 1 aromatic heterocycles. The Hall–Kier alpha value is -1.98. The highest BCUT2D eigenvalue weighted by atomic mass is 16.4. The molecule has 0 aliphatic heterocycles. The molecule has 6 nitrogen and oxygen atoms in total. The van der Waals surface area contributed by atoms with Crippen molar-refractivity contribution in [1.29, 1.82) is 0 Å². The molecule has 1 unspecified atom stereocenters. The van der Waals surface area contributed by atoms with Gasteiger partial charge in [-0.1, -0.05) is 0 Å². The number of hydrogen-bond acceptors (Lipinski definition) is 3. The molecule has 2 rings (SSSR count). The lowest BCUT2D eigenvalue weighted by molar-refractivity contribution is -0.139. The van der Waals surface area contributed by atoms with Gasteiger partial charge in [-0.3, -0.25) is 0 Å². The summed E-state index contributed by atoms with van der Waals surface area (Å²) in [7, 11) is 0. The van der Waals surface area contributed by atoms with E-state index in [1.807, 2.05) is 6.07 Å². The Bertz CT molecular complexity index is 412. The van der Waals surface area contributed by atoms with Crippen molar-refractivity contribution in [3.05, 3.63) is 24.2 Å². The second kappa shape index (κ2) is 5.57.